The van der Waals surface area contributed by atoms with E-state index in [2.05, 4.69) is 326 Å². The zero-order valence-corrected chi connectivity index (χ0v) is 67.6. The van der Waals surface area contributed by atoms with Crippen molar-refractivity contribution in [1.82, 2.24) is 4.57 Å². The first-order valence-corrected chi connectivity index (χ1v) is 40.0. The zero-order chi connectivity index (χ0) is 80.0. The van der Waals surface area contributed by atoms with Crippen LogP contribution in [0.3, 0.4) is 0 Å². The van der Waals surface area contributed by atoms with Gasteiger partial charge in [-0.2, -0.15) is 0 Å². The highest BCUT2D eigenvalue weighted by Gasteiger charge is 2.29. The maximum absolute atomic E-state index is 12.6. The van der Waals surface area contributed by atoms with Gasteiger partial charge in [0.05, 0.1) is 10.8 Å². The molecule has 0 spiro atoms. The molecule has 0 amide bonds. The van der Waals surface area contributed by atoms with Crippen LogP contribution in [0.25, 0.3) is 32.9 Å². The van der Waals surface area contributed by atoms with Crippen molar-refractivity contribution in [3.63, 3.8) is 0 Å². The Balaban J connectivity index is 0.000000262. The number of ether oxygens (including phenoxy) is 2. The van der Waals surface area contributed by atoms with Crippen molar-refractivity contribution in [2.45, 2.75) is 158 Å². The lowest BCUT2D eigenvalue weighted by atomic mass is 9.91. The maximum atomic E-state index is 12.6. The molecule has 15 aromatic rings. The van der Waals surface area contributed by atoms with Crippen LogP contribution >= 0.6 is 0 Å². The summed E-state index contributed by atoms with van der Waals surface area (Å²) in [6.45, 7) is 22.8. The van der Waals surface area contributed by atoms with Crippen LogP contribution in [0.5, 0.6) is 11.5 Å². The van der Waals surface area contributed by atoms with Gasteiger partial charge in [0, 0.05) is 96.1 Å². The van der Waals surface area contributed by atoms with E-state index in [-0.39, 0.29) is 56.5 Å². The summed E-state index contributed by atoms with van der Waals surface area (Å²) in [5.74, 6) is 1.28. The van der Waals surface area contributed by atoms with E-state index in [0.29, 0.717) is 29.9 Å². The van der Waals surface area contributed by atoms with Crippen molar-refractivity contribution in [2.75, 3.05) is 19.6 Å². The molecule has 15 rings (SSSR count). The highest BCUT2D eigenvalue weighted by atomic mass is 16.5. The molecule has 622 valence electrons. The van der Waals surface area contributed by atoms with E-state index >= 15 is 0 Å². The first kappa shape index (κ1) is 95.9. The van der Waals surface area contributed by atoms with Crippen molar-refractivity contribution < 1.29 is 19.1 Å². The van der Waals surface area contributed by atoms with E-state index in [1.807, 2.05) is 151 Å². The summed E-state index contributed by atoms with van der Waals surface area (Å²) in [5, 5.41) is 2.73. The summed E-state index contributed by atoms with van der Waals surface area (Å²) in [6.07, 6.45) is 3.77. The van der Waals surface area contributed by atoms with Gasteiger partial charge >= 0.3 is 11.9 Å². The van der Waals surface area contributed by atoms with Crippen molar-refractivity contribution in [3.05, 3.63) is 387 Å². The largest absolute Gasteiger partial charge is 0.426 e. The topological polar surface area (TPSA) is 70.5 Å². The molecule has 120 heavy (non-hydrogen) atoms. The Kier molecular flexibility index (Phi) is 36.5. The average molecular weight is 1600 g/mol. The van der Waals surface area contributed by atoms with E-state index < -0.39 is 10.8 Å². The molecule has 0 N–H and O–H groups in total. The van der Waals surface area contributed by atoms with E-state index in [9.17, 15) is 9.59 Å². The van der Waals surface area contributed by atoms with Gasteiger partial charge in [-0.25, -0.2) is 0 Å². The van der Waals surface area contributed by atoms with Crippen LogP contribution in [0.15, 0.2) is 376 Å². The van der Waals surface area contributed by atoms with Crippen molar-refractivity contribution in [3.8, 4) is 22.6 Å². The minimum absolute atomic E-state index is 0. The number of hydrogen-bond acceptors (Lipinski definition) is 8. The molecule has 2 atom stereocenters. The molecule has 0 aliphatic heterocycles. The second-order valence-electron chi connectivity index (χ2n) is 30.1. The van der Waals surface area contributed by atoms with Crippen LogP contribution in [-0.2, 0) is 9.59 Å². The molecule has 9 heteroatoms. The van der Waals surface area contributed by atoms with Crippen LogP contribution in [-0.4, -0.2) is 16.5 Å². The first-order valence-electron chi connectivity index (χ1n) is 40.0. The van der Waals surface area contributed by atoms with Crippen LogP contribution in [0, 0.1) is 17.8 Å². The third-order valence-corrected chi connectivity index (χ3v) is 21.4. The predicted molar refractivity (Wildman–Crippen MR) is 521 cm³/mol. The second kappa shape index (κ2) is 45.7. The Morgan fingerprint density at radius 1 is 0.300 bits per heavy atom. The number of aromatic nitrogens is 1. The number of para-hydroxylation sites is 8. The maximum Gasteiger partial charge on any atom is 0.316 e. The number of anilines is 12. The van der Waals surface area contributed by atoms with Gasteiger partial charge in [0.15, 0.2) is 0 Å². The van der Waals surface area contributed by atoms with Crippen molar-refractivity contribution in [1.29, 1.82) is 0 Å². The lowest BCUT2D eigenvalue weighted by molar-refractivity contribution is -0.144. The molecule has 0 aliphatic carbocycles. The molecule has 0 saturated heterocycles. The van der Waals surface area contributed by atoms with Crippen molar-refractivity contribution in [2.24, 2.45) is 10.8 Å². The fraction of sp³-hybridized carbons (Fsp3) is 0.225. The monoisotopic (exact) mass is 1600 g/mol. The van der Waals surface area contributed by atoms with Crippen LogP contribution in [0.4, 0.5) is 68.2 Å². The Bertz CT molecular complexity index is 5360. The summed E-state index contributed by atoms with van der Waals surface area (Å²) < 4.78 is 13.7. The lowest BCUT2D eigenvalue weighted by Gasteiger charge is -2.26. The van der Waals surface area contributed by atoms with Gasteiger partial charge in [-0.3, -0.25) is 9.59 Å². The summed E-state index contributed by atoms with van der Waals surface area (Å²) in [7, 11) is 0. The fourth-order valence-electron chi connectivity index (χ4n) is 13.5. The Morgan fingerprint density at radius 3 is 0.825 bits per heavy atom. The SMILES string of the molecule is C.C.C.C.C.C.CCC(C)(C)C(=O)Oc1ccc(N(c2ccccc2)c2ccc(-c3ccc(N(c4ccccc4)c4cccc(C)c4)cc3)cc2)cc1.CCC(C)(C)C(=O)Oc1ccc(N(c2ccccc2)c2ccccc2)cc1.CCC(C)c1ccc(N(c2ccccc2)c2ccccc2)cc1.CCC(C)n1c2ccccc2c2ccccc21. The predicted octanol–water partition coefficient (Wildman–Crippen LogP) is 33.7. The Hall–Kier alpha value is -13.0. The number of hydrogen-bond donors (Lipinski definition) is 0. The summed E-state index contributed by atoms with van der Waals surface area (Å²) in [6, 6.07) is 130. The van der Waals surface area contributed by atoms with Crippen LogP contribution in [0.2, 0.25) is 0 Å². The fourth-order valence-corrected chi connectivity index (χ4v) is 13.5. The smallest absolute Gasteiger partial charge is 0.316 e. The number of nitrogens with zero attached hydrogens (tertiary/aromatic N) is 5. The minimum Gasteiger partial charge on any atom is -0.426 e. The summed E-state index contributed by atoms with van der Waals surface area (Å²) in [5.41, 5.74) is 19.7. The molecule has 0 radical (unpaired) electrons. The molecule has 0 bridgehead atoms. The quantitative estimate of drug-likeness (QED) is 0.0463. The molecule has 1 heterocycles. The van der Waals surface area contributed by atoms with E-state index in [1.165, 1.54) is 56.4 Å². The van der Waals surface area contributed by atoms with Gasteiger partial charge in [0.2, 0.25) is 0 Å². The Labute approximate surface area is 719 Å². The Morgan fingerprint density at radius 2 is 0.550 bits per heavy atom. The van der Waals surface area contributed by atoms with E-state index in [0.717, 1.165) is 75.2 Å². The van der Waals surface area contributed by atoms with Gasteiger partial charge in [-0.05, 0) is 277 Å². The van der Waals surface area contributed by atoms with Gasteiger partial charge in [0.25, 0.3) is 0 Å². The number of aryl methyl sites for hydroxylation is 1. The molecule has 2 unspecified atom stereocenters. The van der Waals surface area contributed by atoms with Gasteiger partial charge in [-0.1, -0.05) is 273 Å². The standard InChI is InChI=1S/C43H40N2O2.C24H25NO2.C22H23N.C16H17N.6CH4/c1-5-43(3,4)42(46)47-41-29-27-39(28-30-41)44(35-14-8-6-9-15-35)37-23-19-33(20-24-37)34-21-25-38(26-22-34)45(36-16-10-7-11-17-36)40-18-12-13-32(2)31-40;1-4-24(2,3)23(26)27-22-17-15-21(16-18-22)25(19-11-7-5-8-12-19)20-13-9-6-10-14-20;1-3-18(2)19-14-16-22(17-15-19)23(20-10-6-4-7-11-20)21-12-8-5-9-13-21;1-3-12(2)17-15-10-6-4-8-13(15)14-9-5-7-11-16(14)17;;;;;;/h6-31H,5H2,1-4H3;5-18H,4H2,1-3H3;4-18H,3H2,1-2H3;4-12H,3H2,1-2H3;6*1H4. The van der Waals surface area contributed by atoms with E-state index in [1.54, 1.807) is 0 Å². The number of esters is 2. The molecule has 1 aromatic heterocycles. The number of carbonyl (C=O) groups is 2. The molecular weight excluding hydrogens is 1470 g/mol. The normalized spacial score (nSPS) is 11.0. The lowest BCUT2D eigenvalue weighted by Crippen LogP contribution is -2.28. The van der Waals surface area contributed by atoms with Gasteiger partial charge < -0.3 is 33.6 Å². The number of carbonyl (C=O) groups excluding carboxylic acids is 2. The highest BCUT2D eigenvalue weighted by Crippen LogP contribution is 2.42. The molecule has 14 aromatic carbocycles. The number of benzene rings is 14. The number of rotatable bonds is 23. The van der Waals surface area contributed by atoms with Crippen LogP contribution < -0.4 is 29.1 Å². The van der Waals surface area contributed by atoms with Gasteiger partial charge in [-0.15, -0.1) is 0 Å². The second-order valence-corrected chi connectivity index (χ2v) is 30.1. The molecule has 9 nitrogen and oxygen atoms in total. The third kappa shape index (κ3) is 23.7. The average Bonchev–Trinajstić information content (AvgIpc) is 1.60. The molecule has 0 saturated carbocycles. The van der Waals surface area contributed by atoms with Crippen LogP contribution in [0.1, 0.15) is 163 Å². The minimum atomic E-state index is -0.529. The zero-order valence-electron chi connectivity index (χ0n) is 67.6. The summed E-state index contributed by atoms with van der Waals surface area (Å²) >= 11 is 0. The van der Waals surface area contributed by atoms with Gasteiger partial charge in [0.1, 0.15) is 11.5 Å². The first-order chi connectivity index (χ1) is 55.4. The summed E-state index contributed by atoms with van der Waals surface area (Å²) in [4.78, 5) is 33.9. The molecule has 0 fully saturated rings. The van der Waals surface area contributed by atoms with E-state index in [4.69, 9.17) is 9.47 Å². The third-order valence-electron chi connectivity index (χ3n) is 21.4. The van der Waals surface area contributed by atoms with Crippen molar-refractivity contribution >= 4 is 102 Å². The highest BCUT2D eigenvalue weighted by molar-refractivity contribution is 6.08. The molecular formula is C111H129N5O4. The number of fused-ring (bicyclic) bond motifs is 3. The molecule has 0 aliphatic rings.